The molecule has 1 unspecified atom stereocenters. The average molecular weight is 249 g/mol. The highest BCUT2D eigenvalue weighted by molar-refractivity contribution is 6.08. The lowest BCUT2D eigenvalue weighted by atomic mass is 9.92. The molecule has 0 bridgehead atoms. The SMILES string of the molecule is CC1=C(C)C(O)N(c2cc(C(C)(C)C)[nH]n2)C1=O. The fraction of sp³-hybridized carbons (Fsp3) is 0.538. The minimum Gasteiger partial charge on any atom is -0.369 e. The van der Waals surface area contributed by atoms with E-state index in [0.29, 0.717) is 17.0 Å². The fourth-order valence-electron chi connectivity index (χ4n) is 1.90. The quantitative estimate of drug-likeness (QED) is 0.796. The Bertz CT molecular complexity index is 523. The predicted molar refractivity (Wildman–Crippen MR) is 69.2 cm³/mol. The van der Waals surface area contributed by atoms with Crippen LogP contribution in [0.4, 0.5) is 5.82 Å². The van der Waals surface area contributed by atoms with E-state index in [4.69, 9.17) is 0 Å². The zero-order valence-corrected chi connectivity index (χ0v) is 11.4. The second kappa shape index (κ2) is 3.95. The van der Waals surface area contributed by atoms with Gasteiger partial charge in [-0.05, 0) is 19.4 Å². The van der Waals surface area contributed by atoms with Crippen molar-refractivity contribution in [2.24, 2.45) is 0 Å². The summed E-state index contributed by atoms with van der Waals surface area (Å²) in [5, 5.41) is 17.1. The van der Waals surface area contributed by atoms with Crippen molar-refractivity contribution in [2.75, 3.05) is 4.90 Å². The van der Waals surface area contributed by atoms with Crippen LogP contribution in [0.2, 0.25) is 0 Å². The molecule has 0 aliphatic carbocycles. The number of anilines is 1. The number of amides is 1. The molecule has 1 aromatic heterocycles. The molecule has 1 atom stereocenters. The van der Waals surface area contributed by atoms with Crippen molar-refractivity contribution < 1.29 is 9.90 Å². The number of carbonyl (C=O) groups excluding carboxylic acids is 1. The highest BCUT2D eigenvalue weighted by Crippen LogP contribution is 2.30. The summed E-state index contributed by atoms with van der Waals surface area (Å²) in [5.74, 6) is 0.278. The molecule has 0 aromatic carbocycles. The van der Waals surface area contributed by atoms with E-state index in [0.717, 1.165) is 5.69 Å². The van der Waals surface area contributed by atoms with Gasteiger partial charge in [-0.3, -0.25) is 14.8 Å². The van der Waals surface area contributed by atoms with Crippen LogP contribution in [-0.4, -0.2) is 27.4 Å². The van der Waals surface area contributed by atoms with Gasteiger partial charge in [-0.15, -0.1) is 0 Å². The summed E-state index contributed by atoms with van der Waals surface area (Å²) >= 11 is 0. The highest BCUT2D eigenvalue weighted by Gasteiger charge is 2.36. The van der Waals surface area contributed by atoms with Crippen molar-refractivity contribution in [3.63, 3.8) is 0 Å². The van der Waals surface area contributed by atoms with E-state index >= 15 is 0 Å². The highest BCUT2D eigenvalue weighted by atomic mass is 16.3. The minimum absolute atomic E-state index is 0.0729. The lowest BCUT2D eigenvalue weighted by molar-refractivity contribution is -0.115. The standard InChI is InChI=1S/C13H19N3O2/c1-7-8(2)12(18)16(11(7)17)10-6-9(14-15-10)13(3,4)5/h6,11,17H,1-5H3,(H,14,15). The van der Waals surface area contributed by atoms with Gasteiger partial charge in [-0.2, -0.15) is 5.10 Å². The van der Waals surface area contributed by atoms with E-state index in [1.165, 1.54) is 4.90 Å². The number of H-pyrrole nitrogens is 1. The molecule has 1 aromatic rings. The number of carbonyl (C=O) groups is 1. The summed E-state index contributed by atoms with van der Waals surface area (Å²) in [6, 6.07) is 1.81. The molecule has 2 heterocycles. The van der Waals surface area contributed by atoms with E-state index < -0.39 is 6.23 Å². The average Bonchev–Trinajstić information content (AvgIpc) is 2.81. The van der Waals surface area contributed by atoms with Gasteiger partial charge in [0.05, 0.1) is 0 Å². The molecular weight excluding hydrogens is 230 g/mol. The van der Waals surface area contributed by atoms with Crippen LogP contribution in [0.25, 0.3) is 0 Å². The van der Waals surface area contributed by atoms with Crippen LogP contribution in [0.5, 0.6) is 0 Å². The second-order valence-corrected chi connectivity index (χ2v) is 5.75. The number of aromatic nitrogens is 2. The van der Waals surface area contributed by atoms with Gasteiger partial charge >= 0.3 is 0 Å². The number of nitrogens with one attached hydrogen (secondary N) is 1. The minimum atomic E-state index is -0.909. The van der Waals surface area contributed by atoms with Crippen LogP contribution >= 0.6 is 0 Å². The number of nitrogens with zero attached hydrogens (tertiary/aromatic N) is 2. The van der Waals surface area contributed by atoms with E-state index in [9.17, 15) is 9.90 Å². The van der Waals surface area contributed by atoms with E-state index in [1.807, 2.05) is 6.07 Å². The topological polar surface area (TPSA) is 69.2 Å². The lowest BCUT2D eigenvalue weighted by Crippen LogP contribution is -2.35. The Labute approximate surface area is 106 Å². The maximum atomic E-state index is 12.0. The Hall–Kier alpha value is -1.62. The first-order valence-corrected chi connectivity index (χ1v) is 5.98. The first-order valence-electron chi connectivity index (χ1n) is 5.98. The normalized spacial score (nSPS) is 21.1. The van der Waals surface area contributed by atoms with Gasteiger partial charge in [0.1, 0.15) is 0 Å². The summed E-state index contributed by atoms with van der Waals surface area (Å²) in [6.07, 6.45) is -0.909. The molecule has 2 rings (SSSR count). The van der Waals surface area contributed by atoms with E-state index in [2.05, 4.69) is 31.0 Å². The third kappa shape index (κ3) is 1.84. The van der Waals surface area contributed by atoms with Crippen molar-refractivity contribution >= 4 is 11.7 Å². The second-order valence-electron chi connectivity index (χ2n) is 5.75. The maximum absolute atomic E-state index is 12.0. The van der Waals surface area contributed by atoms with Gasteiger partial charge in [0.15, 0.2) is 12.0 Å². The third-order valence-electron chi connectivity index (χ3n) is 3.38. The molecule has 18 heavy (non-hydrogen) atoms. The largest absolute Gasteiger partial charge is 0.369 e. The third-order valence-corrected chi connectivity index (χ3v) is 3.38. The molecule has 5 heteroatoms. The number of hydrogen-bond acceptors (Lipinski definition) is 3. The maximum Gasteiger partial charge on any atom is 0.257 e. The molecule has 5 nitrogen and oxygen atoms in total. The Kier molecular flexibility index (Phi) is 2.81. The number of aliphatic hydroxyl groups is 1. The molecular formula is C13H19N3O2. The smallest absolute Gasteiger partial charge is 0.257 e. The van der Waals surface area contributed by atoms with Gasteiger partial charge in [0.25, 0.3) is 5.91 Å². The van der Waals surface area contributed by atoms with Crippen LogP contribution in [0.1, 0.15) is 40.3 Å². The van der Waals surface area contributed by atoms with Crippen LogP contribution in [0, 0.1) is 0 Å². The van der Waals surface area contributed by atoms with Gasteiger partial charge < -0.3 is 5.11 Å². The van der Waals surface area contributed by atoms with Crippen molar-refractivity contribution in [2.45, 2.75) is 46.3 Å². The van der Waals surface area contributed by atoms with Crippen molar-refractivity contribution in [3.8, 4) is 0 Å². The molecule has 1 amide bonds. The number of aliphatic hydroxyl groups excluding tert-OH is 1. The Morgan fingerprint density at radius 3 is 2.39 bits per heavy atom. The number of rotatable bonds is 1. The van der Waals surface area contributed by atoms with Gasteiger partial charge in [-0.1, -0.05) is 20.8 Å². The predicted octanol–water partition coefficient (Wildman–Crippen LogP) is 1.71. The lowest BCUT2D eigenvalue weighted by Gasteiger charge is -2.19. The van der Waals surface area contributed by atoms with Crippen LogP contribution in [0.15, 0.2) is 17.2 Å². The van der Waals surface area contributed by atoms with Crippen molar-refractivity contribution in [1.82, 2.24) is 10.2 Å². The van der Waals surface area contributed by atoms with Crippen molar-refractivity contribution in [3.05, 3.63) is 22.9 Å². The fourth-order valence-corrected chi connectivity index (χ4v) is 1.90. The first-order chi connectivity index (χ1) is 8.23. The molecule has 0 saturated heterocycles. The Morgan fingerprint density at radius 1 is 1.39 bits per heavy atom. The summed E-state index contributed by atoms with van der Waals surface area (Å²) in [5.41, 5.74) is 2.12. The number of aromatic amines is 1. The zero-order chi connectivity index (χ0) is 13.7. The summed E-state index contributed by atoms with van der Waals surface area (Å²) < 4.78 is 0. The molecule has 2 N–H and O–H groups in total. The Balaban J connectivity index is 2.35. The molecule has 0 fully saturated rings. The van der Waals surface area contributed by atoms with E-state index in [1.54, 1.807) is 13.8 Å². The molecule has 1 aliphatic rings. The summed E-state index contributed by atoms with van der Waals surface area (Å²) in [7, 11) is 0. The zero-order valence-electron chi connectivity index (χ0n) is 11.4. The number of hydrogen-bond donors (Lipinski definition) is 2. The van der Waals surface area contributed by atoms with E-state index in [-0.39, 0.29) is 11.3 Å². The van der Waals surface area contributed by atoms with Crippen molar-refractivity contribution in [1.29, 1.82) is 0 Å². The molecule has 0 radical (unpaired) electrons. The van der Waals surface area contributed by atoms with Gasteiger partial charge in [0.2, 0.25) is 0 Å². The van der Waals surface area contributed by atoms with Crippen LogP contribution in [-0.2, 0) is 10.2 Å². The molecule has 0 spiro atoms. The van der Waals surface area contributed by atoms with Gasteiger partial charge in [0, 0.05) is 22.7 Å². The molecule has 0 saturated carbocycles. The molecule has 98 valence electrons. The summed E-state index contributed by atoms with van der Waals surface area (Å²) in [6.45, 7) is 9.65. The molecule has 1 aliphatic heterocycles. The monoisotopic (exact) mass is 249 g/mol. The van der Waals surface area contributed by atoms with Gasteiger partial charge in [-0.25, -0.2) is 0 Å². The first kappa shape index (κ1) is 12.8. The van der Waals surface area contributed by atoms with Crippen LogP contribution < -0.4 is 4.90 Å². The summed E-state index contributed by atoms with van der Waals surface area (Å²) in [4.78, 5) is 13.4. The van der Waals surface area contributed by atoms with Crippen LogP contribution in [0.3, 0.4) is 0 Å². The Morgan fingerprint density at radius 2 is 2.00 bits per heavy atom.